The van der Waals surface area contributed by atoms with Crippen LogP contribution in [0.1, 0.15) is 5.56 Å². The van der Waals surface area contributed by atoms with Gasteiger partial charge in [0.1, 0.15) is 5.75 Å². The molecule has 2 N–H and O–H groups in total. The Balaban J connectivity index is 1.79. The van der Waals surface area contributed by atoms with Crippen LogP contribution in [0, 0.1) is 6.92 Å². The summed E-state index contributed by atoms with van der Waals surface area (Å²) in [6, 6.07) is 13.0. The number of benzene rings is 2. The summed E-state index contributed by atoms with van der Waals surface area (Å²) >= 11 is 0. The average molecular weight is 349 g/mol. The SMILES string of the molecule is Cc1c(-c2cccc(O)c2)[nH]c2ccc(N3CCN(C)CC3)cc2c1=O. The van der Waals surface area contributed by atoms with Crippen molar-refractivity contribution in [1.82, 2.24) is 9.88 Å². The molecule has 0 saturated carbocycles. The van der Waals surface area contributed by atoms with Crippen molar-refractivity contribution in [2.24, 2.45) is 0 Å². The highest BCUT2D eigenvalue weighted by atomic mass is 16.3. The lowest BCUT2D eigenvalue weighted by Crippen LogP contribution is -2.44. The minimum Gasteiger partial charge on any atom is -0.508 e. The predicted molar refractivity (Wildman–Crippen MR) is 106 cm³/mol. The van der Waals surface area contributed by atoms with Gasteiger partial charge < -0.3 is 19.9 Å². The summed E-state index contributed by atoms with van der Waals surface area (Å²) in [4.78, 5) is 21.0. The van der Waals surface area contributed by atoms with Gasteiger partial charge in [-0.2, -0.15) is 0 Å². The number of anilines is 1. The molecule has 134 valence electrons. The fraction of sp³-hybridized carbons (Fsp3) is 0.286. The highest BCUT2D eigenvalue weighted by molar-refractivity contribution is 5.86. The summed E-state index contributed by atoms with van der Waals surface area (Å²) in [5.74, 6) is 0.188. The molecule has 2 heterocycles. The number of H-pyrrole nitrogens is 1. The Morgan fingerprint density at radius 3 is 2.54 bits per heavy atom. The van der Waals surface area contributed by atoms with E-state index in [0.29, 0.717) is 10.9 Å². The number of nitrogens with one attached hydrogen (secondary N) is 1. The molecular weight excluding hydrogens is 326 g/mol. The molecule has 0 unspecified atom stereocenters. The summed E-state index contributed by atoms with van der Waals surface area (Å²) in [5, 5.41) is 10.5. The molecule has 2 aromatic carbocycles. The van der Waals surface area contributed by atoms with E-state index in [2.05, 4.69) is 27.9 Å². The van der Waals surface area contributed by atoms with Crippen LogP contribution in [0.3, 0.4) is 0 Å². The summed E-state index contributed by atoms with van der Waals surface area (Å²) in [7, 11) is 2.13. The number of aromatic amines is 1. The van der Waals surface area contributed by atoms with Crippen molar-refractivity contribution in [2.75, 3.05) is 38.1 Å². The first-order chi connectivity index (χ1) is 12.5. The second-order valence-electron chi connectivity index (χ2n) is 7.02. The van der Waals surface area contributed by atoms with Crippen molar-refractivity contribution < 1.29 is 5.11 Å². The topological polar surface area (TPSA) is 59.6 Å². The molecule has 0 radical (unpaired) electrons. The first-order valence-electron chi connectivity index (χ1n) is 8.92. The van der Waals surface area contributed by atoms with Crippen molar-refractivity contribution in [3.8, 4) is 17.0 Å². The van der Waals surface area contributed by atoms with Crippen LogP contribution in [0.15, 0.2) is 47.3 Å². The molecule has 1 fully saturated rings. The molecule has 5 nitrogen and oxygen atoms in total. The Morgan fingerprint density at radius 1 is 1.04 bits per heavy atom. The van der Waals surface area contributed by atoms with Gasteiger partial charge in [-0.1, -0.05) is 12.1 Å². The summed E-state index contributed by atoms with van der Waals surface area (Å²) in [6.07, 6.45) is 0. The highest BCUT2D eigenvalue weighted by Crippen LogP contribution is 2.27. The number of phenolic OH excluding ortho intramolecular Hbond substituents is 1. The molecule has 0 aliphatic carbocycles. The van der Waals surface area contributed by atoms with E-state index in [0.717, 1.165) is 48.6 Å². The zero-order valence-electron chi connectivity index (χ0n) is 15.1. The van der Waals surface area contributed by atoms with Crippen LogP contribution in [0.25, 0.3) is 22.2 Å². The standard InChI is InChI=1S/C21H23N3O2/c1-14-20(15-4-3-5-17(25)12-15)22-19-7-6-16(13-18(19)21(14)26)24-10-8-23(2)9-11-24/h3-7,12-13,25H,8-11H2,1-2H3,(H,22,26). The maximum atomic E-state index is 13.0. The molecule has 1 aliphatic heterocycles. The van der Waals surface area contributed by atoms with Gasteiger partial charge >= 0.3 is 0 Å². The van der Waals surface area contributed by atoms with Gasteiger partial charge in [0.15, 0.2) is 5.43 Å². The van der Waals surface area contributed by atoms with Gasteiger partial charge in [-0.15, -0.1) is 0 Å². The third-order valence-corrected chi connectivity index (χ3v) is 5.23. The quantitative estimate of drug-likeness (QED) is 0.747. The van der Waals surface area contributed by atoms with Crippen molar-refractivity contribution in [1.29, 1.82) is 0 Å². The molecule has 5 heteroatoms. The molecular formula is C21H23N3O2. The highest BCUT2D eigenvalue weighted by Gasteiger charge is 2.16. The van der Waals surface area contributed by atoms with Crippen molar-refractivity contribution in [3.63, 3.8) is 0 Å². The number of aromatic hydroxyl groups is 1. The number of rotatable bonds is 2. The van der Waals surface area contributed by atoms with Crippen LogP contribution in [0.4, 0.5) is 5.69 Å². The Morgan fingerprint density at radius 2 is 1.81 bits per heavy atom. The van der Waals surface area contributed by atoms with E-state index in [9.17, 15) is 9.90 Å². The van der Waals surface area contributed by atoms with Crippen LogP contribution in [0.5, 0.6) is 5.75 Å². The van der Waals surface area contributed by atoms with E-state index in [4.69, 9.17) is 0 Å². The number of phenols is 1. The lowest BCUT2D eigenvalue weighted by Gasteiger charge is -2.34. The normalized spacial score (nSPS) is 15.5. The van der Waals surface area contributed by atoms with Gasteiger partial charge in [0.2, 0.25) is 0 Å². The third kappa shape index (κ3) is 2.95. The molecule has 0 spiro atoms. The fourth-order valence-corrected chi connectivity index (χ4v) is 3.58. The number of aromatic nitrogens is 1. The number of hydrogen-bond acceptors (Lipinski definition) is 4. The van der Waals surface area contributed by atoms with E-state index in [-0.39, 0.29) is 11.2 Å². The fourth-order valence-electron chi connectivity index (χ4n) is 3.58. The van der Waals surface area contributed by atoms with E-state index >= 15 is 0 Å². The van der Waals surface area contributed by atoms with Crippen LogP contribution in [0.2, 0.25) is 0 Å². The lowest BCUT2D eigenvalue weighted by molar-refractivity contribution is 0.313. The van der Waals surface area contributed by atoms with Gasteiger partial charge in [-0.3, -0.25) is 4.79 Å². The van der Waals surface area contributed by atoms with Crippen LogP contribution in [-0.4, -0.2) is 48.2 Å². The van der Waals surface area contributed by atoms with Crippen LogP contribution in [-0.2, 0) is 0 Å². The Kier molecular flexibility index (Phi) is 4.17. The predicted octanol–water partition coefficient (Wildman–Crippen LogP) is 2.96. The minimum absolute atomic E-state index is 0.0353. The second kappa shape index (κ2) is 6.50. The molecule has 1 aromatic heterocycles. The maximum Gasteiger partial charge on any atom is 0.192 e. The zero-order valence-corrected chi connectivity index (χ0v) is 15.1. The van der Waals surface area contributed by atoms with Gasteiger partial charge in [-0.25, -0.2) is 0 Å². The smallest absolute Gasteiger partial charge is 0.192 e. The molecule has 1 aliphatic rings. The van der Waals surface area contributed by atoms with Crippen molar-refractivity contribution >= 4 is 16.6 Å². The van der Waals surface area contributed by atoms with Gasteiger partial charge in [0.25, 0.3) is 0 Å². The van der Waals surface area contributed by atoms with E-state index in [1.54, 1.807) is 18.2 Å². The average Bonchev–Trinajstić information content (AvgIpc) is 2.65. The van der Waals surface area contributed by atoms with Gasteiger partial charge in [0.05, 0.1) is 5.69 Å². The molecule has 1 saturated heterocycles. The Bertz CT molecular complexity index is 1020. The van der Waals surface area contributed by atoms with Gasteiger partial charge in [0, 0.05) is 53.9 Å². The summed E-state index contributed by atoms with van der Waals surface area (Å²) in [5.41, 5.74) is 4.18. The number of hydrogen-bond donors (Lipinski definition) is 2. The van der Waals surface area contributed by atoms with Crippen LogP contribution < -0.4 is 10.3 Å². The molecule has 3 aromatic rings. The maximum absolute atomic E-state index is 13.0. The molecule has 4 rings (SSSR count). The summed E-state index contributed by atoms with van der Waals surface area (Å²) in [6.45, 7) is 5.84. The minimum atomic E-state index is 0.0353. The first-order valence-corrected chi connectivity index (χ1v) is 8.92. The summed E-state index contributed by atoms with van der Waals surface area (Å²) < 4.78 is 0. The van der Waals surface area contributed by atoms with E-state index in [1.165, 1.54) is 0 Å². The largest absolute Gasteiger partial charge is 0.508 e. The number of pyridine rings is 1. The number of fused-ring (bicyclic) bond motifs is 1. The molecule has 0 amide bonds. The second-order valence-corrected chi connectivity index (χ2v) is 7.02. The Hall–Kier alpha value is -2.79. The number of nitrogens with zero attached hydrogens (tertiary/aromatic N) is 2. The van der Waals surface area contributed by atoms with Crippen molar-refractivity contribution in [2.45, 2.75) is 6.92 Å². The van der Waals surface area contributed by atoms with E-state index < -0.39 is 0 Å². The Labute approximate surface area is 152 Å². The van der Waals surface area contributed by atoms with E-state index in [1.807, 2.05) is 25.1 Å². The van der Waals surface area contributed by atoms with Crippen molar-refractivity contribution in [3.05, 3.63) is 58.3 Å². The monoisotopic (exact) mass is 349 g/mol. The number of likely N-dealkylation sites (N-methyl/N-ethyl adjacent to an activating group) is 1. The third-order valence-electron chi connectivity index (χ3n) is 5.23. The zero-order chi connectivity index (χ0) is 18.3. The van der Waals surface area contributed by atoms with Gasteiger partial charge in [-0.05, 0) is 44.3 Å². The lowest BCUT2D eigenvalue weighted by atomic mass is 10.0. The molecule has 0 bridgehead atoms. The number of piperazine rings is 1. The van der Waals surface area contributed by atoms with Crippen LogP contribution >= 0.6 is 0 Å². The molecule has 26 heavy (non-hydrogen) atoms. The first kappa shape index (κ1) is 16.7. The molecule has 0 atom stereocenters.